The second-order valence-corrected chi connectivity index (χ2v) is 6.29. The van der Waals surface area contributed by atoms with Gasteiger partial charge in [0.25, 0.3) is 0 Å². The molecule has 0 bridgehead atoms. The van der Waals surface area contributed by atoms with Crippen LogP contribution in [-0.4, -0.2) is 11.2 Å². The van der Waals surface area contributed by atoms with Crippen LogP contribution in [0.1, 0.15) is 32.3 Å². The molecule has 1 aromatic carbocycles. The maximum Gasteiger partial charge on any atom is 0.126 e. The molecule has 1 atom stereocenters. The summed E-state index contributed by atoms with van der Waals surface area (Å²) in [6.45, 7) is 4.25. The van der Waals surface area contributed by atoms with Crippen LogP contribution in [0.25, 0.3) is 0 Å². The molecule has 0 spiro atoms. The summed E-state index contributed by atoms with van der Waals surface area (Å²) in [6, 6.07) is 4.60. The van der Waals surface area contributed by atoms with Crippen molar-refractivity contribution < 1.29 is 9.50 Å². The summed E-state index contributed by atoms with van der Waals surface area (Å²) in [7, 11) is 0. The molecular formula is C15H18ClFO. The third kappa shape index (κ3) is 3.33. The van der Waals surface area contributed by atoms with E-state index < -0.39 is 6.10 Å². The molecule has 18 heavy (non-hydrogen) atoms. The molecular weight excluding hydrogens is 251 g/mol. The van der Waals surface area contributed by atoms with Crippen molar-refractivity contribution in [3.8, 4) is 0 Å². The number of allylic oxidation sites excluding steroid dienone is 1. The molecule has 0 saturated carbocycles. The van der Waals surface area contributed by atoms with Gasteiger partial charge in [0.15, 0.2) is 0 Å². The van der Waals surface area contributed by atoms with Crippen LogP contribution in [0.15, 0.2) is 29.8 Å². The van der Waals surface area contributed by atoms with Gasteiger partial charge in [0.1, 0.15) is 5.82 Å². The van der Waals surface area contributed by atoms with E-state index in [1.54, 1.807) is 12.1 Å². The molecule has 3 heteroatoms. The van der Waals surface area contributed by atoms with Gasteiger partial charge in [-0.25, -0.2) is 4.39 Å². The summed E-state index contributed by atoms with van der Waals surface area (Å²) < 4.78 is 13.7. The standard InChI is InChI=1S/C15H18ClFO/c1-15(2)8-10(6-13(18)9-15)5-11-7-12(16)3-4-14(11)17/h3-4,6-7,13,18H,5,8-9H2,1-2H3. The zero-order valence-electron chi connectivity index (χ0n) is 10.7. The van der Waals surface area contributed by atoms with Crippen LogP contribution in [0.4, 0.5) is 4.39 Å². The molecule has 1 aliphatic rings. The van der Waals surface area contributed by atoms with Crippen molar-refractivity contribution in [1.29, 1.82) is 0 Å². The van der Waals surface area contributed by atoms with Crippen LogP contribution >= 0.6 is 11.6 Å². The highest BCUT2D eigenvalue weighted by atomic mass is 35.5. The monoisotopic (exact) mass is 268 g/mol. The third-order valence-corrected chi connectivity index (χ3v) is 3.56. The van der Waals surface area contributed by atoms with Gasteiger partial charge in [-0.15, -0.1) is 0 Å². The van der Waals surface area contributed by atoms with Gasteiger partial charge in [0.05, 0.1) is 6.10 Å². The summed E-state index contributed by atoms with van der Waals surface area (Å²) in [5.74, 6) is -0.238. The highest BCUT2D eigenvalue weighted by Gasteiger charge is 2.27. The fraction of sp³-hybridized carbons (Fsp3) is 0.467. The van der Waals surface area contributed by atoms with Crippen molar-refractivity contribution >= 4 is 11.6 Å². The predicted octanol–water partition coefficient (Wildman–Crippen LogP) is 4.13. The summed E-state index contributed by atoms with van der Waals surface area (Å²) >= 11 is 5.88. The lowest BCUT2D eigenvalue weighted by Gasteiger charge is -2.32. The Morgan fingerprint density at radius 2 is 2.17 bits per heavy atom. The van der Waals surface area contributed by atoms with Crippen LogP contribution in [0.3, 0.4) is 0 Å². The molecule has 0 aliphatic heterocycles. The Morgan fingerprint density at radius 1 is 1.44 bits per heavy atom. The second kappa shape index (κ2) is 5.02. The van der Waals surface area contributed by atoms with Gasteiger partial charge < -0.3 is 5.11 Å². The molecule has 1 unspecified atom stereocenters. The Bertz CT molecular complexity index is 479. The van der Waals surface area contributed by atoms with Gasteiger partial charge in [0.2, 0.25) is 0 Å². The zero-order valence-corrected chi connectivity index (χ0v) is 11.5. The number of rotatable bonds is 2. The zero-order chi connectivity index (χ0) is 13.3. The molecule has 0 amide bonds. The lowest BCUT2D eigenvalue weighted by molar-refractivity contribution is 0.138. The van der Waals surface area contributed by atoms with Gasteiger partial charge in [-0.3, -0.25) is 0 Å². The Hall–Kier alpha value is -0.860. The van der Waals surface area contributed by atoms with E-state index in [0.29, 0.717) is 17.0 Å². The maximum atomic E-state index is 13.7. The van der Waals surface area contributed by atoms with Gasteiger partial charge >= 0.3 is 0 Å². The molecule has 0 heterocycles. The van der Waals surface area contributed by atoms with Gasteiger partial charge in [-0.05, 0) is 48.4 Å². The van der Waals surface area contributed by atoms with Crippen molar-refractivity contribution in [1.82, 2.24) is 0 Å². The van der Waals surface area contributed by atoms with Gasteiger partial charge in [-0.2, -0.15) is 0 Å². The topological polar surface area (TPSA) is 20.2 Å². The van der Waals surface area contributed by atoms with Crippen molar-refractivity contribution in [3.05, 3.63) is 46.3 Å². The molecule has 0 saturated heterocycles. The van der Waals surface area contributed by atoms with Gasteiger partial charge in [0, 0.05) is 5.02 Å². The summed E-state index contributed by atoms with van der Waals surface area (Å²) in [5, 5.41) is 10.4. The number of hydrogen-bond acceptors (Lipinski definition) is 1. The normalized spacial score (nSPS) is 22.7. The predicted molar refractivity (Wildman–Crippen MR) is 72.2 cm³/mol. The lowest BCUT2D eigenvalue weighted by atomic mass is 9.75. The Labute approximate surface area is 112 Å². The molecule has 1 aromatic rings. The molecule has 0 radical (unpaired) electrons. The lowest BCUT2D eigenvalue weighted by Crippen LogP contribution is -2.25. The number of aliphatic hydroxyl groups is 1. The fourth-order valence-electron chi connectivity index (χ4n) is 2.69. The van der Waals surface area contributed by atoms with E-state index in [2.05, 4.69) is 13.8 Å². The Kier molecular flexibility index (Phi) is 3.79. The molecule has 1 nitrogen and oxygen atoms in total. The number of aliphatic hydroxyl groups excluding tert-OH is 1. The summed E-state index contributed by atoms with van der Waals surface area (Å²) in [5.41, 5.74) is 1.75. The van der Waals surface area contributed by atoms with Crippen molar-refractivity contribution in [2.45, 2.75) is 39.2 Å². The highest BCUT2D eigenvalue weighted by molar-refractivity contribution is 6.30. The van der Waals surface area contributed by atoms with E-state index in [4.69, 9.17) is 11.6 Å². The first-order valence-corrected chi connectivity index (χ1v) is 6.55. The van der Waals surface area contributed by atoms with Crippen LogP contribution in [0.5, 0.6) is 0 Å². The minimum atomic E-state index is -0.425. The quantitative estimate of drug-likeness (QED) is 0.800. The van der Waals surface area contributed by atoms with Crippen LogP contribution in [0.2, 0.25) is 5.02 Å². The molecule has 98 valence electrons. The SMILES string of the molecule is CC1(C)CC(Cc2cc(Cl)ccc2F)=CC(O)C1. The van der Waals surface area contributed by atoms with E-state index >= 15 is 0 Å². The van der Waals surface area contributed by atoms with Gasteiger partial charge in [-0.1, -0.05) is 37.1 Å². The smallest absolute Gasteiger partial charge is 0.126 e. The minimum Gasteiger partial charge on any atom is -0.389 e. The van der Waals surface area contributed by atoms with Crippen LogP contribution in [0, 0.1) is 11.2 Å². The first kappa shape index (κ1) is 13.6. The van der Waals surface area contributed by atoms with Crippen molar-refractivity contribution in [2.24, 2.45) is 5.41 Å². The largest absolute Gasteiger partial charge is 0.389 e. The first-order chi connectivity index (χ1) is 8.35. The number of benzene rings is 1. The molecule has 0 aromatic heterocycles. The average Bonchev–Trinajstić information content (AvgIpc) is 2.20. The summed E-state index contributed by atoms with van der Waals surface area (Å²) in [6.07, 6.45) is 3.59. The maximum absolute atomic E-state index is 13.7. The average molecular weight is 269 g/mol. The van der Waals surface area contributed by atoms with Crippen molar-refractivity contribution in [2.75, 3.05) is 0 Å². The number of hydrogen-bond donors (Lipinski definition) is 1. The van der Waals surface area contributed by atoms with Crippen molar-refractivity contribution in [3.63, 3.8) is 0 Å². The van der Waals surface area contributed by atoms with E-state index in [9.17, 15) is 9.50 Å². The second-order valence-electron chi connectivity index (χ2n) is 5.85. The van der Waals surface area contributed by atoms with Crippen LogP contribution < -0.4 is 0 Å². The molecule has 1 aliphatic carbocycles. The molecule has 0 fully saturated rings. The van der Waals surface area contributed by atoms with E-state index in [-0.39, 0.29) is 11.2 Å². The number of halogens is 2. The van der Waals surface area contributed by atoms with Crippen LogP contribution in [-0.2, 0) is 6.42 Å². The van der Waals surface area contributed by atoms with E-state index in [0.717, 1.165) is 18.4 Å². The minimum absolute atomic E-state index is 0.0680. The van der Waals surface area contributed by atoms with E-state index in [1.807, 2.05) is 6.08 Å². The van der Waals surface area contributed by atoms with E-state index in [1.165, 1.54) is 6.07 Å². The third-order valence-electron chi connectivity index (χ3n) is 3.32. The Balaban J connectivity index is 2.21. The highest BCUT2D eigenvalue weighted by Crippen LogP contribution is 2.36. The molecule has 2 rings (SSSR count). The molecule has 1 N–H and O–H groups in total. The summed E-state index contributed by atoms with van der Waals surface area (Å²) in [4.78, 5) is 0. The first-order valence-electron chi connectivity index (χ1n) is 6.17. The Morgan fingerprint density at radius 3 is 2.83 bits per heavy atom. The fourth-order valence-corrected chi connectivity index (χ4v) is 2.88.